The summed E-state index contributed by atoms with van der Waals surface area (Å²) >= 11 is 0. The lowest BCUT2D eigenvalue weighted by Gasteiger charge is -2.26. The number of rotatable bonds is 4. The highest BCUT2D eigenvalue weighted by molar-refractivity contribution is 5.78. The summed E-state index contributed by atoms with van der Waals surface area (Å²) in [6, 6.07) is 0. The van der Waals surface area contributed by atoms with Crippen molar-refractivity contribution in [3.05, 3.63) is 0 Å². The van der Waals surface area contributed by atoms with Crippen molar-refractivity contribution in [3.8, 4) is 0 Å². The van der Waals surface area contributed by atoms with E-state index in [0.29, 0.717) is 0 Å². The van der Waals surface area contributed by atoms with Crippen molar-refractivity contribution >= 4 is 5.96 Å². The molecule has 0 aromatic heterocycles. The third-order valence-corrected chi connectivity index (χ3v) is 3.12. The first-order chi connectivity index (χ1) is 7.44. The quantitative estimate of drug-likeness (QED) is 0.586. The maximum absolute atomic E-state index is 6.13. The van der Waals surface area contributed by atoms with E-state index in [-0.39, 0.29) is 5.54 Å². The normalized spacial score (nSPS) is 22.3. The molecule has 92 valence electrons. The molecular formula is C13H25N3. The summed E-state index contributed by atoms with van der Waals surface area (Å²) in [4.78, 5) is 6.91. The van der Waals surface area contributed by atoms with Crippen LogP contribution in [-0.4, -0.2) is 29.5 Å². The molecular weight excluding hydrogens is 198 g/mol. The van der Waals surface area contributed by atoms with Crippen LogP contribution in [0.5, 0.6) is 0 Å². The fraction of sp³-hybridized carbons (Fsp3) is 0.923. The minimum absolute atomic E-state index is 0.0601. The van der Waals surface area contributed by atoms with Crippen LogP contribution in [0.2, 0.25) is 0 Å². The molecule has 3 nitrogen and oxygen atoms in total. The van der Waals surface area contributed by atoms with E-state index in [4.69, 9.17) is 5.73 Å². The Balaban J connectivity index is 1.94. The molecule has 0 saturated heterocycles. The van der Waals surface area contributed by atoms with Crippen LogP contribution in [-0.2, 0) is 0 Å². The second-order valence-electron chi connectivity index (χ2n) is 6.43. The van der Waals surface area contributed by atoms with Gasteiger partial charge in [-0.25, -0.2) is 4.99 Å². The highest BCUT2D eigenvalue weighted by Crippen LogP contribution is 2.33. The fourth-order valence-electron chi connectivity index (χ4n) is 1.90. The maximum Gasteiger partial charge on any atom is 0.191 e. The lowest BCUT2D eigenvalue weighted by Crippen LogP contribution is -2.41. The van der Waals surface area contributed by atoms with Gasteiger partial charge in [0.25, 0.3) is 0 Å². The van der Waals surface area contributed by atoms with Gasteiger partial charge in [0.2, 0.25) is 0 Å². The number of nitrogens with zero attached hydrogens (tertiary/aromatic N) is 2. The molecule has 0 spiro atoms. The van der Waals surface area contributed by atoms with Crippen LogP contribution in [0, 0.1) is 11.8 Å². The standard InChI is InChI=1S/C13H25N3/c1-13(2,3)15-12(14)16(8-10-4-5-10)9-11-6-7-11/h10-11H,4-9H2,1-3H3,(H2,14,15). The van der Waals surface area contributed by atoms with Gasteiger partial charge in [-0.15, -0.1) is 0 Å². The van der Waals surface area contributed by atoms with Crippen molar-refractivity contribution in [2.75, 3.05) is 13.1 Å². The number of nitrogens with two attached hydrogens (primary N) is 1. The van der Waals surface area contributed by atoms with E-state index >= 15 is 0 Å². The van der Waals surface area contributed by atoms with Crippen molar-refractivity contribution in [1.29, 1.82) is 0 Å². The SMILES string of the molecule is CC(C)(C)N=C(N)N(CC1CC1)CC1CC1. The molecule has 2 fully saturated rings. The molecule has 0 aromatic carbocycles. The van der Waals surface area contributed by atoms with Gasteiger partial charge in [-0.2, -0.15) is 0 Å². The van der Waals surface area contributed by atoms with Crippen molar-refractivity contribution in [3.63, 3.8) is 0 Å². The van der Waals surface area contributed by atoms with Crippen LogP contribution in [0.3, 0.4) is 0 Å². The highest BCUT2D eigenvalue weighted by Gasteiger charge is 2.30. The van der Waals surface area contributed by atoms with E-state index < -0.39 is 0 Å². The van der Waals surface area contributed by atoms with Crippen molar-refractivity contribution in [2.24, 2.45) is 22.6 Å². The van der Waals surface area contributed by atoms with Crippen LogP contribution < -0.4 is 5.73 Å². The van der Waals surface area contributed by atoms with Crippen LogP contribution in [0.1, 0.15) is 46.5 Å². The first kappa shape index (κ1) is 11.7. The van der Waals surface area contributed by atoms with Gasteiger partial charge in [0.15, 0.2) is 5.96 Å². The van der Waals surface area contributed by atoms with E-state index in [9.17, 15) is 0 Å². The molecule has 2 rings (SSSR count). The van der Waals surface area contributed by atoms with Crippen molar-refractivity contribution in [2.45, 2.75) is 52.0 Å². The highest BCUT2D eigenvalue weighted by atomic mass is 15.3. The zero-order valence-corrected chi connectivity index (χ0v) is 10.9. The zero-order chi connectivity index (χ0) is 11.8. The second kappa shape index (κ2) is 4.27. The van der Waals surface area contributed by atoms with Crippen LogP contribution in [0.25, 0.3) is 0 Å². The molecule has 2 aliphatic rings. The van der Waals surface area contributed by atoms with Crippen molar-refractivity contribution < 1.29 is 0 Å². The number of aliphatic imine (C=N–C) groups is 1. The summed E-state index contributed by atoms with van der Waals surface area (Å²) in [5, 5.41) is 0. The van der Waals surface area contributed by atoms with Gasteiger partial charge >= 0.3 is 0 Å². The molecule has 0 aromatic rings. The van der Waals surface area contributed by atoms with Crippen LogP contribution >= 0.6 is 0 Å². The van der Waals surface area contributed by atoms with Gasteiger partial charge in [0.1, 0.15) is 0 Å². The average Bonchev–Trinajstić information content (AvgIpc) is 2.92. The predicted octanol–water partition coefficient (Wildman–Crippen LogP) is 2.22. The third-order valence-electron chi connectivity index (χ3n) is 3.12. The molecule has 0 aliphatic heterocycles. The van der Waals surface area contributed by atoms with E-state index in [0.717, 1.165) is 30.9 Å². The first-order valence-corrected chi connectivity index (χ1v) is 6.54. The summed E-state index contributed by atoms with van der Waals surface area (Å²) in [7, 11) is 0. The molecule has 2 aliphatic carbocycles. The molecule has 0 heterocycles. The Morgan fingerprint density at radius 2 is 1.56 bits per heavy atom. The van der Waals surface area contributed by atoms with Crippen molar-refractivity contribution in [1.82, 2.24) is 4.90 Å². The monoisotopic (exact) mass is 223 g/mol. The largest absolute Gasteiger partial charge is 0.370 e. The van der Waals surface area contributed by atoms with Gasteiger partial charge in [0.05, 0.1) is 5.54 Å². The van der Waals surface area contributed by atoms with Gasteiger partial charge in [-0.05, 0) is 58.3 Å². The first-order valence-electron chi connectivity index (χ1n) is 6.54. The lowest BCUT2D eigenvalue weighted by atomic mass is 10.1. The molecule has 0 amide bonds. The molecule has 0 atom stereocenters. The summed E-state index contributed by atoms with van der Waals surface area (Å²) in [5.41, 5.74) is 6.07. The molecule has 0 bridgehead atoms. The van der Waals surface area contributed by atoms with E-state index in [2.05, 4.69) is 30.7 Å². The predicted molar refractivity (Wildman–Crippen MR) is 68.4 cm³/mol. The smallest absolute Gasteiger partial charge is 0.191 e. The van der Waals surface area contributed by atoms with Crippen LogP contribution in [0.15, 0.2) is 4.99 Å². The molecule has 2 N–H and O–H groups in total. The Bertz CT molecular complexity index is 255. The summed E-state index contributed by atoms with van der Waals surface area (Å²) < 4.78 is 0. The Kier molecular flexibility index (Phi) is 3.13. The Labute approximate surface area is 99.1 Å². The maximum atomic E-state index is 6.13. The Morgan fingerprint density at radius 3 is 1.88 bits per heavy atom. The molecule has 3 heteroatoms. The van der Waals surface area contributed by atoms with Crippen LogP contribution in [0.4, 0.5) is 0 Å². The topological polar surface area (TPSA) is 41.6 Å². The summed E-state index contributed by atoms with van der Waals surface area (Å²) in [6.07, 6.45) is 5.52. The minimum Gasteiger partial charge on any atom is -0.370 e. The van der Waals surface area contributed by atoms with E-state index in [1.165, 1.54) is 25.7 Å². The molecule has 0 unspecified atom stereocenters. The number of hydrogen-bond donors (Lipinski definition) is 1. The molecule has 0 radical (unpaired) electrons. The van der Waals surface area contributed by atoms with E-state index in [1.807, 2.05) is 0 Å². The van der Waals surface area contributed by atoms with E-state index in [1.54, 1.807) is 0 Å². The van der Waals surface area contributed by atoms with Gasteiger partial charge in [0, 0.05) is 13.1 Å². The number of hydrogen-bond acceptors (Lipinski definition) is 1. The lowest BCUT2D eigenvalue weighted by molar-refractivity contribution is 0.372. The Hall–Kier alpha value is -0.730. The molecule has 16 heavy (non-hydrogen) atoms. The summed E-state index contributed by atoms with van der Waals surface area (Å²) in [6.45, 7) is 8.56. The Morgan fingerprint density at radius 1 is 1.12 bits per heavy atom. The third kappa shape index (κ3) is 4.03. The van der Waals surface area contributed by atoms with Gasteiger partial charge in [-0.1, -0.05) is 0 Å². The minimum atomic E-state index is -0.0601. The average molecular weight is 223 g/mol. The second-order valence-corrected chi connectivity index (χ2v) is 6.43. The van der Waals surface area contributed by atoms with Gasteiger partial charge in [-0.3, -0.25) is 0 Å². The molecule has 2 saturated carbocycles. The fourth-order valence-corrected chi connectivity index (χ4v) is 1.90. The van der Waals surface area contributed by atoms with Gasteiger partial charge < -0.3 is 10.6 Å². The number of guanidine groups is 1. The zero-order valence-electron chi connectivity index (χ0n) is 10.9. The summed E-state index contributed by atoms with van der Waals surface area (Å²) in [5.74, 6) is 2.52.